The Morgan fingerprint density at radius 1 is 1.40 bits per heavy atom. The maximum Gasteiger partial charge on any atom is 0.407 e. The lowest BCUT2D eigenvalue weighted by atomic mass is 10.0. The molecule has 0 aromatic heterocycles. The summed E-state index contributed by atoms with van der Waals surface area (Å²) in [4.78, 5) is 11.7. The number of hydrogen-bond donors (Lipinski definition) is 1. The highest BCUT2D eigenvalue weighted by Gasteiger charge is 2.19. The number of benzene rings is 1. The quantitative estimate of drug-likeness (QED) is 0.921. The zero-order valence-corrected chi connectivity index (χ0v) is 12.7. The van der Waals surface area contributed by atoms with E-state index < -0.39 is 11.7 Å². The third kappa shape index (κ3) is 6.44. The molecule has 0 aliphatic carbocycles. The zero-order valence-electron chi connectivity index (χ0n) is 11.9. The van der Waals surface area contributed by atoms with Crippen LogP contribution in [0.2, 0.25) is 5.02 Å². The van der Waals surface area contributed by atoms with Crippen molar-refractivity contribution in [3.8, 4) is 6.07 Å². The van der Waals surface area contributed by atoms with Crippen LogP contribution in [0.5, 0.6) is 0 Å². The minimum absolute atomic E-state index is 0.224. The first-order chi connectivity index (χ1) is 9.30. The lowest BCUT2D eigenvalue weighted by molar-refractivity contribution is 0.0505. The van der Waals surface area contributed by atoms with Gasteiger partial charge in [-0.25, -0.2) is 4.79 Å². The number of rotatable bonds is 4. The van der Waals surface area contributed by atoms with Crippen molar-refractivity contribution in [2.75, 3.05) is 0 Å². The van der Waals surface area contributed by atoms with Crippen molar-refractivity contribution in [2.24, 2.45) is 0 Å². The molecular weight excluding hydrogens is 276 g/mol. The fourth-order valence-electron chi connectivity index (χ4n) is 1.66. The number of carbonyl (C=O) groups excluding carboxylic acids is 1. The average molecular weight is 295 g/mol. The summed E-state index contributed by atoms with van der Waals surface area (Å²) in [7, 11) is 0. The highest BCUT2D eigenvalue weighted by molar-refractivity contribution is 6.30. The van der Waals surface area contributed by atoms with Crippen LogP contribution >= 0.6 is 11.6 Å². The molecule has 1 aromatic carbocycles. The Kier molecular flexibility index (Phi) is 5.84. The van der Waals surface area contributed by atoms with Gasteiger partial charge in [0.25, 0.3) is 0 Å². The molecule has 1 atom stereocenters. The van der Waals surface area contributed by atoms with Crippen molar-refractivity contribution in [2.45, 2.75) is 45.3 Å². The van der Waals surface area contributed by atoms with Crippen LogP contribution in [0.3, 0.4) is 0 Å². The molecule has 0 aliphatic heterocycles. The molecule has 0 heterocycles. The molecule has 1 N–H and O–H groups in total. The van der Waals surface area contributed by atoms with Crippen LogP contribution in [0, 0.1) is 11.3 Å². The van der Waals surface area contributed by atoms with Gasteiger partial charge in [-0.15, -0.1) is 0 Å². The summed E-state index contributed by atoms with van der Waals surface area (Å²) in [5.41, 5.74) is 0.451. The lowest BCUT2D eigenvalue weighted by Gasteiger charge is -2.22. The number of halogens is 1. The smallest absolute Gasteiger partial charge is 0.407 e. The predicted molar refractivity (Wildman–Crippen MR) is 78.5 cm³/mol. The second-order valence-electron chi connectivity index (χ2n) is 5.54. The molecule has 0 fully saturated rings. The fraction of sp³-hybridized carbons (Fsp3) is 0.467. The molecule has 0 radical (unpaired) electrons. The Labute approximate surface area is 124 Å². The molecule has 1 aromatic rings. The molecule has 1 amide bonds. The molecule has 108 valence electrons. The van der Waals surface area contributed by atoms with Crippen LogP contribution in [-0.2, 0) is 11.2 Å². The number of carbonyl (C=O) groups is 1. The van der Waals surface area contributed by atoms with E-state index in [4.69, 9.17) is 21.6 Å². The monoisotopic (exact) mass is 294 g/mol. The van der Waals surface area contributed by atoms with E-state index in [0.29, 0.717) is 11.4 Å². The minimum atomic E-state index is -0.554. The summed E-state index contributed by atoms with van der Waals surface area (Å²) < 4.78 is 5.19. The highest BCUT2D eigenvalue weighted by atomic mass is 35.5. The van der Waals surface area contributed by atoms with Crippen molar-refractivity contribution < 1.29 is 9.53 Å². The zero-order chi connectivity index (χ0) is 15.2. The average Bonchev–Trinajstić information content (AvgIpc) is 2.30. The van der Waals surface area contributed by atoms with Crippen LogP contribution < -0.4 is 5.32 Å². The third-order valence-corrected chi connectivity index (χ3v) is 2.71. The van der Waals surface area contributed by atoms with Gasteiger partial charge in [0, 0.05) is 11.1 Å². The van der Waals surface area contributed by atoms with Crippen molar-refractivity contribution >= 4 is 17.7 Å². The Morgan fingerprint density at radius 3 is 2.50 bits per heavy atom. The summed E-state index contributed by atoms with van der Waals surface area (Å²) in [6.07, 6.45) is 0.276. The SMILES string of the molecule is CC(C)(C)OC(=O)N[C@H](CC#N)Cc1ccc(Cl)cc1. The van der Waals surface area contributed by atoms with Gasteiger partial charge in [0.05, 0.1) is 12.5 Å². The van der Waals surface area contributed by atoms with E-state index in [1.165, 1.54) is 0 Å². The molecule has 0 aliphatic rings. The number of nitrogens with zero attached hydrogens (tertiary/aromatic N) is 1. The summed E-state index contributed by atoms with van der Waals surface area (Å²) in [5, 5.41) is 12.2. The lowest BCUT2D eigenvalue weighted by Crippen LogP contribution is -2.40. The number of nitriles is 1. The molecule has 0 spiro atoms. The number of ether oxygens (including phenoxy) is 1. The molecular formula is C15H19ClN2O2. The number of alkyl carbamates (subject to hydrolysis) is 1. The molecule has 20 heavy (non-hydrogen) atoms. The predicted octanol–water partition coefficient (Wildman–Crippen LogP) is 3.69. The van der Waals surface area contributed by atoms with Gasteiger partial charge in [-0.1, -0.05) is 23.7 Å². The molecule has 0 unspecified atom stereocenters. The Hall–Kier alpha value is -1.73. The van der Waals surface area contributed by atoms with Gasteiger partial charge in [-0.2, -0.15) is 5.26 Å². The standard InChI is InChI=1S/C15H19ClN2O2/c1-15(2,3)20-14(19)18-13(8-9-17)10-11-4-6-12(16)7-5-11/h4-7,13H,8,10H2,1-3H3,(H,18,19)/t13-/m1/s1. The van der Waals surface area contributed by atoms with E-state index in [1.807, 2.05) is 12.1 Å². The summed E-state index contributed by atoms with van der Waals surface area (Å²) in [6.45, 7) is 5.39. The summed E-state index contributed by atoms with van der Waals surface area (Å²) in [5.74, 6) is 0. The van der Waals surface area contributed by atoms with E-state index in [9.17, 15) is 4.79 Å². The van der Waals surface area contributed by atoms with E-state index in [1.54, 1.807) is 32.9 Å². The largest absolute Gasteiger partial charge is 0.444 e. The Morgan fingerprint density at radius 2 is 2.00 bits per heavy atom. The van der Waals surface area contributed by atoms with E-state index in [0.717, 1.165) is 5.56 Å². The van der Waals surface area contributed by atoms with Gasteiger partial charge in [0.2, 0.25) is 0 Å². The topological polar surface area (TPSA) is 62.1 Å². The van der Waals surface area contributed by atoms with Gasteiger partial charge in [0.15, 0.2) is 0 Å². The van der Waals surface area contributed by atoms with Gasteiger partial charge < -0.3 is 10.1 Å². The van der Waals surface area contributed by atoms with Crippen molar-refractivity contribution in [1.82, 2.24) is 5.32 Å². The van der Waals surface area contributed by atoms with Crippen molar-refractivity contribution in [1.29, 1.82) is 5.26 Å². The second kappa shape index (κ2) is 7.16. The first-order valence-electron chi connectivity index (χ1n) is 6.41. The molecule has 0 saturated carbocycles. The first kappa shape index (κ1) is 16.3. The maximum absolute atomic E-state index is 11.7. The molecule has 0 bridgehead atoms. The van der Waals surface area contributed by atoms with Crippen molar-refractivity contribution in [3.05, 3.63) is 34.9 Å². The van der Waals surface area contributed by atoms with Crippen LogP contribution in [0.1, 0.15) is 32.8 Å². The van der Waals surface area contributed by atoms with Gasteiger partial charge in [-0.3, -0.25) is 0 Å². The van der Waals surface area contributed by atoms with Crippen LogP contribution in [0.25, 0.3) is 0 Å². The van der Waals surface area contributed by atoms with E-state index in [2.05, 4.69) is 11.4 Å². The molecule has 5 heteroatoms. The number of hydrogen-bond acceptors (Lipinski definition) is 3. The number of nitrogens with one attached hydrogen (secondary N) is 1. The normalized spacial score (nSPS) is 12.3. The van der Waals surface area contributed by atoms with Gasteiger partial charge in [0.1, 0.15) is 5.60 Å². The van der Waals surface area contributed by atoms with Crippen LogP contribution in [-0.4, -0.2) is 17.7 Å². The number of amides is 1. The van der Waals surface area contributed by atoms with Crippen LogP contribution in [0.4, 0.5) is 4.79 Å². The van der Waals surface area contributed by atoms with E-state index >= 15 is 0 Å². The first-order valence-corrected chi connectivity index (χ1v) is 6.79. The van der Waals surface area contributed by atoms with E-state index in [-0.39, 0.29) is 12.5 Å². The Bertz CT molecular complexity index is 486. The van der Waals surface area contributed by atoms with Gasteiger partial charge in [-0.05, 0) is 44.9 Å². The maximum atomic E-state index is 11.7. The van der Waals surface area contributed by atoms with Crippen molar-refractivity contribution in [3.63, 3.8) is 0 Å². The molecule has 0 saturated heterocycles. The summed E-state index contributed by atoms with van der Waals surface area (Å²) >= 11 is 5.82. The highest BCUT2D eigenvalue weighted by Crippen LogP contribution is 2.13. The Balaban J connectivity index is 2.63. The second-order valence-corrected chi connectivity index (χ2v) is 5.97. The third-order valence-electron chi connectivity index (χ3n) is 2.45. The fourth-order valence-corrected chi connectivity index (χ4v) is 1.79. The molecule has 1 rings (SSSR count). The van der Waals surface area contributed by atoms with Gasteiger partial charge >= 0.3 is 6.09 Å². The minimum Gasteiger partial charge on any atom is -0.444 e. The summed E-state index contributed by atoms with van der Waals surface area (Å²) in [6, 6.07) is 9.12. The molecule has 4 nitrogen and oxygen atoms in total. The van der Waals surface area contributed by atoms with Crippen LogP contribution in [0.15, 0.2) is 24.3 Å².